The van der Waals surface area contributed by atoms with Gasteiger partial charge in [0.2, 0.25) is 0 Å². The lowest BCUT2D eigenvalue weighted by atomic mass is 10.0. The molecule has 0 saturated heterocycles. The highest BCUT2D eigenvalue weighted by Crippen LogP contribution is 2.26. The van der Waals surface area contributed by atoms with Gasteiger partial charge in [-0.05, 0) is 30.3 Å². The monoisotopic (exact) mass is 279 g/mol. The minimum absolute atomic E-state index is 0.0729. The van der Waals surface area contributed by atoms with E-state index in [1.807, 2.05) is 0 Å². The number of hydrogen-bond donors (Lipinski definition) is 1. The Hall–Kier alpha value is -2.07. The Morgan fingerprint density at radius 2 is 2.05 bits per heavy atom. The molecule has 0 amide bonds. The summed E-state index contributed by atoms with van der Waals surface area (Å²) in [5.74, 6) is -0.965. The molecule has 0 spiro atoms. The first-order valence-corrected chi connectivity index (χ1v) is 5.84. The van der Waals surface area contributed by atoms with Crippen LogP contribution in [0.1, 0.15) is 15.9 Å². The summed E-state index contributed by atoms with van der Waals surface area (Å²) < 4.78 is 18.4. The lowest BCUT2D eigenvalue weighted by Crippen LogP contribution is -2.07. The van der Waals surface area contributed by atoms with Crippen molar-refractivity contribution in [2.24, 2.45) is 0 Å². The molecule has 0 unspecified atom stereocenters. The van der Waals surface area contributed by atoms with Crippen LogP contribution in [0.25, 0.3) is 0 Å². The van der Waals surface area contributed by atoms with Crippen molar-refractivity contribution in [2.45, 2.75) is 0 Å². The van der Waals surface area contributed by atoms with Crippen molar-refractivity contribution in [2.75, 3.05) is 12.8 Å². The van der Waals surface area contributed by atoms with E-state index in [0.717, 1.165) is 6.07 Å². The molecule has 19 heavy (non-hydrogen) atoms. The molecule has 3 nitrogen and oxygen atoms in total. The average Bonchev–Trinajstić information content (AvgIpc) is 2.38. The van der Waals surface area contributed by atoms with Gasteiger partial charge in [0.1, 0.15) is 0 Å². The molecule has 0 bridgehead atoms. The van der Waals surface area contributed by atoms with E-state index < -0.39 is 11.6 Å². The van der Waals surface area contributed by atoms with Crippen LogP contribution in [0.5, 0.6) is 5.75 Å². The van der Waals surface area contributed by atoms with Crippen LogP contribution in [-0.4, -0.2) is 12.9 Å². The van der Waals surface area contributed by atoms with E-state index in [9.17, 15) is 9.18 Å². The van der Waals surface area contributed by atoms with Crippen LogP contribution in [0.3, 0.4) is 0 Å². The van der Waals surface area contributed by atoms with Crippen LogP contribution >= 0.6 is 11.6 Å². The molecular formula is C14H11ClFNO2. The molecule has 0 aliphatic heterocycles. The van der Waals surface area contributed by atoms with Gasteiger partial charge in [0.15, 0.2) is 17.3 Å². The number of ketones is 1. The van der Waals surface area contributed by atoms with Gasteiger partial charge in [-0.2, -0.15) is 0 Å². The number of ether oxygens (including phenoxy) is 1. The number of carbonyl (C=O) groups excluding carboxylic acids is 1. The lowest BCUT2D eigenvalue weighted by Gasteiger charge is -2.08. The van der Waals surface area contributed by atoms with E-state index in [2.05, 4.69) is 0 Å². The Labute approximate surface area is 114 Å². The fourth-order valence-corrected chi connectivity index (χ4v) is 2.00. The molecule has 0 radical (unpaired) electrons. The number of hydrogen-bond acceptors (Lipinski definition) is 3. The zero-order chi connectivity index (χ0) is 14.0. The molecule has 2 aromatic rings. The van der Waals surface area contributed by atoms with Crippen LogP contribution < -0.4 is 10.5 Å². The summed E-state index contributed by atoms with van der Waals surface area (Å²) in [6.07, 6.45) is 0. The highest BCUT2D eigenvalue weighted by molar-refractivity contribution is 6.35. The Bertz CT molecular complexity index is 623. The van der Waals surface area contributed by atoms with Gasteiger partial charge < -0.3 is 10.5 Å². The molecule has 0 heterocycles. The highest BCUT2D eigenvalue weighted by atomic mass is 35.5. The number of nitrogen functional groups attached to an aromatic ring is 1. The van der Waals surface area contributed by atoms with E-state index >= 15 is 0 Å². The first kappa shape index (κ1) is 13.4. The zero-order valence-electron chi connectivity index (χ0n) is 10.1. The molecule has 0 atom stereocenters. The minimum atomic E-state index is -0.612. The number of methoxy groups -OCH3 is 1. The van der Waals surface area contributed by atoms with Gasteiger partial charge in [0.05, 0.1) is 17.7 Å². The van der Waals surface area contributed by atoms with Gasteiger partial charge in [-0.25, -0.2) is 4.39 Å². The van der Waals surface area contributed by atoms with E-state index in [4.69, 9.17) is 22.1 Å². The molecule has 2 rings (SSSR count). The number of anilines is 1. The van der Waals surface area contributed by atoms with Crippen molar-refractivity contribution in [1.29, 1.82) is 0 Å². The molecule has 0 fully saturated rings. The van der Waals surface area contributed by atoms with Crippen molar-refractivity contribution < 1.29 is 13.9 Å². The van der Waals surface area contributed by atoms with Gasteiger partial charge in [-0.15, -0.1) is 0 Å². The molecule has 0 aliphatic carbocycles. The number of rotatable bonds is 3. The average molecular weight is 280 g/mol. The van der Waals surface area contributed by atoms with Gasteiger partial charge in [0.25, 0.3) is 0 Å². The summed E-state index contributed by atoms with van der Waals surface area (Å²) in [7, 11) is 1.35. The molecule has 98 valence electrons. The maximum absolute atomic E-state index is 13.6. The van der Waals surface area contributed by atoms with Crippen LogP contribution in [0.2, 0.25) is 5.02 Å². The molecule has 5 heteroatoms. The number of carbonyl (C=O) groups is 1. The summed E-state index contributed by atoms with van der Waals surface area (Å²) in [5.41, 5.74) is 6.33. The minimum Gasteiger partial charge on any atom is -0.494 e. The van der Waals surface area contributed by atoms with Gasteiger partial charge in [0, 0.05) is 11.3 Å². The van der Waals surface area contributed by atoms with Crippen molar-refractivity contribution in [1.82, 2.24) is 0 Å². The van der Waals surface area contributed by atoms with E-state index in [1.54, 1.807) is 18.2 Å². The number of halogens is 2. The molecule has 0 aliphatic rings. The quantitative estimate of drug-likeness (QED) is 0.693. The molecule has 0 aromatic heterocycles. The first-order valence-electron chi connectivity index (χ1n) is 5.47. The SMILES string of the molecule is COc1ccc(C(=O)c2c(N)cccc2Cl)cc1F. The number of nitrogens with two attached hydrogens (primary N) is 1. The highest BCUT2D eigenvalue weighted by Gasteiger charge is 2.17. The third kappa shape index (κ3) is 2.53. The van der Waals surface area contributed by atoms with Crippen LogP contribution in [0.15, 0.2) is 36.4 Å². The second-order valence-corrected chi connectivity index (χ2v) is 4.29. The maximum Gasteiger partial charge on any atom is 0.196 e. The van der Waals surface area contributed by atoms with Crippen molar-refractivity contribution in [3.05, 3.63) is 58.4 Å². The lowest BCUT2D eigenvalue weighted by molar-refractivity contribution is 0.103. The fourth-order valence-electron chi connectivity index (χ4n) is 1.73. The summed E-state index contributed by atoms with van der Waals surface area (Å²) in [5, 5.41) is 0.237. The van der Waals surface area contributed by atoms with E-state index in [0.29, 0.717) is 0 Å². The Balaban J connectivity index is 2.48. The fraction of sp³-hybridized carbons (Fsp3) is 0.0714. The second kappa shape index (κ2) is 5.28. The van der Waals surface area contributed by atoms with Crippen LogP contribution in [-0.2, 0) is 0 Å². The Kier molecular flexibility index (Phi) is 3.71. The predicted molar refractivity (Wildman–Crippen MR) is 72.2 cm³/mol. The number of benzene rings is 2. The third-order valence-electron chi connectivity index (χ3n) is 2.69. The van der Waals surface area contributed by atoms with Crippen molar-refractivity contribution in [3.8, 4) is 5.75 Å². The third-order valence-corrected chi connectivity index (χ3v) is 3.00. The summed E-state index contributed by atoms with van der Waals surface area (Å²) in [6.45, 7) is 0. The first-order chi connectivity index (χ1) is 9.04. The van der Waals surface area contributed by atoms with E-state index in [1.165, 1.54) is 19.2 Å². The van der Waals surface area contributed by atoms with E-state index in [-0.39, 0.29) is 27.6 Å². The standard InChI is InChI=1S/C14H11ClFNO2/c1-19-12-6-5-8(7-10(12)16)14(18)13-9(15)3-2-4-11(13)17/h2-7H,17H2,1H3. The molecule has 2 aromatic carbocycles. The molecular weight excluding hydrogens is 269 g/mol. The van der Waals surface area contributed by atoms with Crippen molar-refractivity contribution in [3.63, 3.8) is 0 Å². The summed E-state index contributed by atoms with van der Waals surface area (Å²) >= 11 is 5.95. The molecule has 0 saturated carbocycles. The largest absolute Gasteiger partial charge is 0.494 e. The van der Waals surface area contributed by atoms with Gasteiger partial charge >= 0.3 is 0 Å². The predicted octanol–water partition coefficient (Wildman–Crippen LogP) is 3.30. The van der Waals surface area contributed by atoms with Crippen molar-refractivity contribution >= 4 is 23.1 Å². The Morgan fingerprint density at radius 3 is 2.63 bits per heavy atom. The normalized spacial score (nSPS) is 10.3. The smallest absolute Gasteiger partial charge is 0.196 e. The topological polar surface area (TPSA) is 52.3 Å². The van der Waals surface area contributed by atoms with Gasteiger partial charge in [-0.1, -0.05) is 17.7 Å². The second-order valence-electron chi connectivity index (χ2n) is 3.88. The zero-order valence-corrected chi connectivity index (χ0v) is 10.9. The maximum atomic E-state index is 13.6. The Morgan fingerprint density at radius 1 is 1.32 bits per heavy atom. The van der Waals surface area contributed by atoms with Crippen LogP contribution in [0.4, 0.5) is 10.1 Å². The van der Waals surface area contributed by atoms with Gasteiger partial charge in [-0.3, -0.25) is 4.79 Å². The summed E-state index contributed by atoms with van der Waals surface area (Å²) in [6, 6.07) is 8.72. The van der Waals surface area contributed by atoms with Crippen LogP contribution in [0, 0.1) is 5.82 Å². The summed E-state index contributed by atoms with van der Waals surface area (Å²) in [4.78, 5) is 12.3. The molecule has 2 N–H and O–H groups in total.